The second-order valence-corrected chi connectivity index (χ2v) is 5.04. The first-order valence-electron chi connectivity index (χ1n) is 6.65. The number of anilines is 6. The van der Waals surface area contributed by atoms with Crippen molar-refractivity contribution < 1.29 is 24.5 Å². The van der Waals surface area contributed by atoms with Crippen molar-refractivity contribution in [3.63, 3.8) is 0 Å². The Labute approximate surface area is 140 Å². The van der Waals surface area contributed by atoms with Crippen molar-refractivity contribution in [2.75, 3.05) is 34.4 Å². The SMILES string of the molecule is Nc1cc(Oc2cc(N)c(N)c(C(=O)O)c2N)c(N)c(C(=O)O)c1N. The summed E-state index contributed by atoms with van der Waals surface area (Å²) in [4.78, 5) is 22.6. The summed E-state index contributed by atoms with van der Waals surface area (Å²) in [6.07, 6.45) is 0. The third-order valence-electron chi connectivity index (χ3n) is 3.45. The van der Waals surface area contributed by atoms with Gasteiger partial charge in [0, 0.05) is 12.1 Å². The van der Waals surface area contributed by atoms with Crippen LogP contribution in [0.15, 0.2) is 12.1 Å². The average Bonchev–Trinajstić information content (AvgIpc) is 2.49. The topological polar surface area (TPSA) is 240 Å². The number of aromatic carboxylic acids is 2. The van der Waals surface area contributed by atoms with Gasteiger partial charge in [0.15, 0.2) is 11.5 Å². The van der Waals surface area contributed by atoms with E-state index in [2.05, 4.69) is 0 Å². The van der Waals surface area contributed by atoms with Gasteiger partial charge in [0.05, 0.1) is 34.1 Å². The van der Waals surface area contributed by atoms with Crippen molar-refractivity contribution >= 4 is 46.1 Å². The molecule has 0 atom stereocenters. The summed E-state index contributed by atoms with van der Waals surface area (Å²) in [5.74, 6) is -3.20. The fourth-order valence-electron chi connectivity index (χ4n) is 2.17. The van der Waals surface area contributed by atoms with Gasteiger partial charge in [0.2, 0.25) is 0 Å². The summed E-state index contributed by atoms with van der Waals surface area (Å²) in [6.45, 7) is 0. The molecule has 11 nitrogen and oxygen atoms in total. The molecule has 0 aliphatic carbocycles. The van der Waals surface area contributed by atoms with E-state index in [1.54, 1.807) is 0 Å². The highest BCUT2D eigenvalue weighted by molar-refractivity contribution is 6.05. The van der Waals surface area contributed by atoms with E-state index in [4.69, 9.17) is 39.1 Å². The quantitative estimate of drug-likeness (QED) is 0.351. The molecule has 25 heavy (non-hydrogen) atoms. The zero-order chi connectivity index (χ0) is 19.0. The number of ether oxygens (including phenoxy) is 1. The Balaban J connectivity index is 2.66. The van der Waals surface area contributed by atoms with Crippen LogP contribution in [0.3, 0.4) is 0 Å². The van der Waals surface area contributed by atoms with Crippen molar-refractivity contribution in [1.29, 1.82) is 0 Å². The van der Waals surface area contributed by atoms with E-state index in [1.165, 1.54) is 12.1 Å². The first kappa shape index (κ1) is 17.3. The molecule has 0 aliphatic rings. The third kappa shape index (κ3) is 2.81. The molecule has 11 heteroatoms. The summed E-state index contributed by atoms with van der Waals surface area (Å²) in [5, 5.41) is 18.4. The fourth-order valence-corrected chi connectivity index (χ4v) is 2.17. The van der Waals surface area contributed by atoms with Gasteiger partial charge in [-0.15, -0.1) is 0 Å². The maximum atomic E-state index is 11.3. The van der Waals surface area contributed by atoms with Gasteiger partial charge in [-0.3, -0.25) is 0 Å². The molecule has 132 valence electrons. The van der Waals surface area contributed by atoms with Gasteiger partial charge >= 0.3 is 11.9 Å². The number of hydrogen-bond acceptors (Lipinski definition) is 9. The van der Waals surface area contributed by atoms with E-state index in [0.29, 0.717) is 0 Å². The third-order valence-corrected chi connectivity index (χ3v) is 3.45. The monoisotopic (exact) mass is 348 g/mol. The molecule has 0 radical (unpaired) electrons. The number of carbonyl (C=O) groups is 2. The van der Waals surface area contributed by atoms with Crippen molar-refractivity contribution in [3.05, 3.63) is 23.3 Å². The summed E-state index contributed by atoms with van der Waals surface area (Å²) in [6, 6.07) is 2.37. The molecule has 0 spiro atoms. The molecule has 0 aliphatic heterocycles. The van der Waals surface area contributed by atoms with Crippen molar-refractivity contribution in [2.45, 2.75) is 0 Å². The maximum absolute atomic E-state index is 11.3. The molecule has 0 amide bonds. The van der Waals surface area contributed by atoms with E-state index in [1.807, 2.05) is 0 Å². The molecule has 0 fully saturated rings. The van der Waals surface area contributed by atoms with Crippen LogP contribution in [0, 0.1) is 0 Å². The summed E-state index contributed by atoms with van der Waals surface area (Å²) in [5.41, 5.74) is 31.9. The minimum Gasteiger partial charge on any atom is -0.478 e. The lowest BCUT2D eigenvalue weighted by Crippen LogP contribution is -2.12. The molecule has 2 aromatic rings. The van der Waals surface area contributed by atoms with E-state index in [0.717, 1.165) is 0 Å². The number of carboxylic acid groups (broad SMARTS) is 2. The first-order chi connectivity index (χ1) is 11.6. The van der Waals surface area contributed by atoms with Crippen LogP contribution in [-0.4, -0.2) is 22.2 Å². The number of carboxylic acids is 2. The van der Waals surface area contributed by atoms with Crippen molar-refractivity contribution in [1.82, 2.24) is 0 Å². The minimum atomic E-state index is -1.41. The Morgan fingerprint density at radius 1 is 0.680 bits per heavy atom. The molecule has 2 rings (SSSR count). The van der Waals surface area contributed by atoms with E-state index in [9.17, 15) is 19.8 Å². The van der Waals surface area contributed by atoms with Gasteiger partial charge in [-0.05, 0) is 0 Å². The van der Waals surface area contributed by atoms with Crippen LogP contribution >= 0.6 is 0 Å². The molecule has 0 heterocycles. The van der Waals surface area contributed by atoms with Crippen LogP contribution in [-0.2, 0) is 0 Å². The van der Waals surface area contributed by atoms with E-state index < -0.39 is 23.1 Å². The minimum absolute atomic E-state index is 0.0953. The maximum Gasteiger partial charge on any atom is 0.340 e. The van der Waals surface area contributed by atoms with Gasteiger partial charge in [-0.1, -0.05) is 0 Å². The molecule has 0 saturated heterocycles. The highest BCUT2D eigenvalue weighted by Gasteiger charge is 2.23. The molecule has 0 bridgehead atoms. The molecule has 14 N–H and O–H groups in total. The van der Waals surface area contributed by atoms with Crippen LogP contribution in [0.1, 0.15) is 20.7 Å². The molecule has 0 unspecified atom stereocenters. The summed E-state index contributed by atoms with van der Waals surface area (Å²) < 4.78 is 5.45. The number of nitrogens with two attached hydrogens (primary N) is 6. The predicted molar refractivity (Wildman–Crippen MR) is 93.4 cm³/mol. The number of rotatable bonds is 4. The normalized spacial score (nSPS) is 10.4. The van der Waals surface area contributed by atoms with Crippen LogP contribution in [0.4, 0.5) is 34.1 Å². The van der Waals surface area contributed by atoms with Gasteiger partial charge in [-0.2, -0.15) is 0 Å². The van der Waals surface area contributed by atoms with Crippen LogP contribution in [0.2, 0.25) is 0 Å². The predicted octanol–water partition coefficient (Wildman–Crippen LogP) is 0.369. The Bertz CT molecular complexity index is 838. The lowest BCUT2D eigenvalue weighted by molar-refractivity contribution is 0.0688. The molecular weight excluding hydrogens is 332 g/mol. The number of hydrogen-bond donors (Lipinski definition) is 8. The Morgan fingerprint density at radius 3 is 1.28 bits per heavy atom. The van der Waals surface area contributed by atoms with E-state index in [-0.39, 0.29) is 45.6 Å². The van der Waals surface area contributed by atoms with Gasteiger partial charge in [0.25, 0.3) is 0 Å². The Morgan fingerprint density at radius 2 is 1.00 bits per heavy atom. The second kappa shape index (κ2) is 5.88. The standard InChI is InChI=1S/C14H16N6O5/c15-3-1-5(11(19)7(9(3)17)13(21)22)25-6-2-4(16)10(18)8(12(6)20)14(23)24/h1-2H,15-20H2,(H,21,22)(H,23,24). The van der Waals surface area contributed by atoms with Crippen LogP contribution in [0.25, 0.3) is 0 Å². The highest BCUT2D eigenvalue weighted by atomic mass is 16.5. The number of benzene rings is 2. The largest absolute Gasteiger partial charge is 0.478 e. The highest BCUT2D eigenvalue weighted by Crippen LogP contribution is 2.42. The Kier molecular flexibility index (Phi) is 4.08. The average molecular weight is 348 g/mol. The fraction of sp³-hybridized carbons (Fsp3) is 0. The van der Waals surface area contributed by atoms with Crippen molar-refractivity contribution in [2.24, 2.45) is 0 Å². The van der Waals surface area contributed by atoms with E-state index >= 15 is 0 Å². The van der Waals surface area contributed by atoms with Crippen LogP contribution in [0.5, 0.6) is 11.5 Å². The second-order valence-electron chi connectivity index (χ2n) is 5.04. The lowest BCUT2D eigenvalue weighted by Gasteiger charge is -2.17. The van der Waals surface area contributed by atoms with Crippen molar-refractivity contribution in [3.8, 4) is 11.5 Å². The molecular formula is C14H16N6O5. The lowest BCUT2D eigenvalue weighted by atomic mass is 10.1. The zero-order valence-corrected chi connectivity index (χ0v) is 12.7. The number of nitrogen functional groups attached to an aromatic ring is 6. The smallest absolute Gasteiger partial charge is 0.340 e. The van der Waals surface area contributed by atoms with Gasteiger partial charge < -0.3 is 49.4 Å². The summed E-state index contributed by atoms with van der Waals surface area (Å²) in [7, 11) is 0. The van der Waals surface area contributed by atoms with Gasteiger partial charge in [0.1, 0.15) is 11.1 Å². The summed E-state index contributed by atoms with van der Waals surface area (Å²) >= 11 is 0. The first-order valence-corrected chi connectivity index (χ1v) is 6.65. The zero-order valence-electron chi connectivity index (χ0n) is 12.7. The molecule has 0 aromatic heterocycles. The molecule has 0 saturated carbocycles. The molecule has 2 aromatic carbocycles. The van der Waals surface area contributed by atoms with Crippen LogP contribution < -0.4 is 39.1 Å². The Hall–Kier alpha value is -4.02. The van der Waals surface area contributed by atoms with Gasteiger partial charge in [-0.25, -0.2) is 9.59 Å².